The molecule has 0 aliphatic carbocycles. The highest BCUT2D eigenvalue weighted by atomic mass is 32.2. The number of anilines is 3. The van der Waals surface area contributed by atoms with E-state index in [0.717, 1.165) is 23.5 Å². The highest BCUT2D eigenvalue weighted by Crippen LogP contribution is 2.23. The molecule has 2 aromatic carbocycles. The maximum absolute atomic E-state index is 13.5. The molecular formula is C20H17F2N5O4S2. The second-order valence-corrected chi connectivity index (χ2v) is 9.55. The van der Waals surface area contributed by atoms with Gasteiger partial charge in [-0.05, 0) is 36.4 Å². The number of aromatic nitrogens is 1. The Bertz CT molecular complexity index is 1280. The molecule has 0 saturated carbocycles. The summed E-state index contributed by atoms with van der Waals surface area (Å²) >= 11 is 1.14. The van der Waals surface area contributed by atoms with Crippen molar-refractivity contribution in [1.82, 2.24) is 9.88 Å². The zero-order valence-corrected chi connectivity index (χ0v) is 18.5. The molecule has 0 radical (unpaired) electrons. The van der Waals surface area contributed by atoms with Gasteiger partial charge in [-0.3, -0.25) is 14.4 Å². The molecule has 172 valence electrons. The lowest BCUT2D eigenvalue weighted by Crippen LogP contribution is -2.37. The Balaban J connectivity index is 1.35. The number of sulfonamides is 1. The quantitative estimate of drug-likeness (QED) is 0.525. The molecule has 0 bridgehead atoms. The molecule has 1 fully saturated rings. The number of urea groups is 1. The molecule has 0 atom stereocenters. The van der Waals surface area contributed by atoms with Crippen LogP contribution in [0.3, 0.4) is 0 Å². The Labute approximate surface area is 191 Å². The average molecular weight is 494 g/mol. The Hall–Kier alpha value is -3.58. The van der Waals surface area contributed by atoms with Crippen LogP contribution in [0.1, 0.15) is 0 Å². The van der Waals surface area contributed by atoms with E-state index in [9.17, 15) is 26.8 Å². The maximum atomic E-state index is 13.5. The van der Waals surface area contributed by atoms with Gasteiger partial charge >= 0.3 is 6.03 Å². The lowest BCUT2D eigenvalue weighted by molar-refractivity contribution is -0.116. The normalized spacial score (nSPS) is 13.9. The third kappa shape index (κ3) is 5.09. The zero-order chi connectivity index (χ0) is 23.6. The molecule has 2 N–H and O–H groups in total. The first-order chi connectivity index (χ1) is 15.7. The van der Waals surface area contributed by atoms with Crippen molar-refractivity contribution >= 4 is 49.8 Å². The topological polar surface area (TPSA) is 112 Å². The summed E-state index contributed by atoms with van der Waals surface area (Å²) in [5.74, 6) is -2.57. The molecule has 13 heteroatoms. The number of nitrogens with one attached hydrogen (secondary N) is 2. The van der Waals surface area contributed by atoms with Crippen LogP contribution in [0, 0.1) is 11.6 Å². The highest BCUT2D eigenvalue weighted by Gasteiger charge is 2.31. The summed E-state index contributed by atoms with van der Waals surface area (Å²) in [6.07, 6.45) is 1.48. The predicted molar refractivity (Wildman–Crippen MR) is 119 cm³/mol. The summed E-state index contributed by atoms with van der Waals surface area (Å²) in [6.45, 7) is 0.186. The fourth-order valence-electron chi connectivity index (χ4n) is 3.16. The number of hydrogen-bond acceptors (Lipinski definition) is 6. The summed E-state index contributed by atoms with van der Waals surface area (Å²) in [5, 5.41) is 4.47. The van der Waals surface area contributed by atoms with Gasteiger partial charge in [0.25, 0.3) is 10.0 Å². The van der Waals surface area contributed by atoms with Crippen molar-refractivity contribution in [3.05, 3.63) is 65.7 Å². The third-order valence-corrected chi connectivity index (χ3v) is 6.92. The SMILES string of the molecule is O=C(CN1CCN(c2ccc(F)c(F)c2)C1=O)Nc1ccc(S(=O)(=O)Nc2nccs2)cc1. The zero-order valence-electron chi connectivity index (χ0n) is 16.9. The van der Waals surface area contributed by atoms with Crippen LogP contribution in [-0.4, -0.2) is 49.9 Å². The molecule has 1 aliphatic heterocycles. The molecule has 0 unspecified atom stereocenters. The van der Waals surface area contributed by atoms with Gasteiger partial charge in [-0.2, -0.15) is 0 Å². The van der Waals surface area contributed by atoms with Gasteiger partial charge in [0, 0.05) is 42.1 Å². The summed E-state index contributed by atoms with van der Waals surface area (Å²) < 4.78 is 53.7. The summed E-state index contributed by atoms with van der Waals surface area (Å²) in [7, 11) is -3.82. The van der Waals surface area contributed by atoms with Crippen molar-refractivity contribution in [3.8, 4) is 0 Å². The van der Waals surface area contributed by atoms with Crippen molar-refractivity contribution in [2.75, 3.05) is 34.6 Å². The minimum atomic E-state index is -3.82. The second kappa shape index (κ2) is 9.11. The Morgan fingerprint density at radius 1 is 1.09 bits per heavy atom. The third-order valence-electron chi connectivity index (χ3n) is 4.75. The number of rotatable bonds is 7. The number of nitrogens with zero attached hydrogens (tertiary/aromatic N) is 3. The van der Waals surface area contributed by atoms with E-state index in [0.29, 0.717) is 5.69 Å². The van der Waals surface area contributed by atoms with Gasteiger partial charge in [0.2, 0.25) is 5.91 Å². The van der Waals surface area contributed by atoms with Crippen LogP contribution in [-0.2, 0) is 14.8 Å². The monoisotopic (exact) mass is 493 g/mol. The minimum Gasteiger partial charge on any atom is -0.325 e. The molecule has 1 aliphatic rings. The molecule has 0 spiro atoms. The van der Waals surface area contributed by atoms with E-state index in [1.54, 1.807) is 5.38 Å². The van der Waals surface area contributed by atoms with Crippen molar-refractivity contribution < 1.29 is 26.8 Å². The van der Waals surface area contributed by atoms with Crippen LogP contribution in [0.15, 0.2) is 58.9 Å². The number of thiazole rings is 1. The molecule has 2 heterocycles. The molecule has 1 aromatic heterocycles. The van der Waals surface area contributed by atoms with Gasteiger partial charge in [0.05, 0.1) is 4.90 Å². The number of carbonyl (C=O) groups excluding carboxylic acids is 2. The van der Waals surface area contributed by atoms with Crippen molar-refractivity contribution in [3.63, 3.8) is 0 Å². The van der Waals surface area contributed by atoms with Crippen molar-refractivity contribution in [2.24, 2.45) is 0 Å². The molecular weight excluding hydrogens is 476 g/mol. The maximum Gasteiger partial charge on any atom is 0.325 e. The van der Waals surface area contributed by atoms with Gasteiger partial charge in [0.15, 0.2) is 16.8 Å². The van der Waals surface area contributed by atoms with E-state index in [1.165, 1.54) is 46.3 Å². The van der Waals surface area contributed by atoms with Gasteiger partial charge in [-0.25, -0.2) is 27.0 Å². The minimum absolute atomic E-state index is 0.00686. The van der Waals surface area contributed by atoms with E-state index >= 15 is 0 Å². The number of halogens is 2. The Kier molecular flexibility index (Phi) is 6.24. The van der Waals surface area contributed by atoms with Gasteiger partial charge in [-0.15, -0.1) is 11.3 Å². The van der Waals surface area contributed by atoms with Crippen LogP contribution < -0.4 is 14.9 Å². The molecule has 3 aromatic rings. The van der Waals surface area contributed by atoms with E-state index in [4.69, 9.17) is 0 Å². The average Bonchev–Trinajstić information content (AvgIpc) is 3.40. The summed E-state index contributed by atoms with van der Waals surface area (Å²) in [4.78, 5) is 31.3. The first-order valence-electron chi connectivity index (χ1n) is 9.57. The van der Waals surface area contributed by atoms with Gasteiger partial charge in [0.1, 0.15) is 6.54 Å². The Morgan fingerprint density at radius 2 is 1.85 bits per heavy atom. The lowest BCUT2D eigenvalue weighted by atomic mass is 10.3. The van der Waals surface area contributed by atoms with Crippen LogP contribution in [0.25, 0.3) is 0 Å². The largest absolute Gasteiger partial charge is 0.325 e. The van der Waals surface area contributed by atoms with Crippen LogP contribution in [0.4, 0.5) is 30.1 Å². The number of amides is 3. The molecule has 1 saturated heterocycles. The van der Waals surface area contributed by atoms with E-state index < -0.39 is 33.6 Å². The predicted octanol–water partition coefficient (Wildman–Crippen LogP) is 3.10. The highest BCUT2D eigenvalue weighted by molar-refractivity contribution is 7.93. The van der Waals surface area contributed by atoms with Crippen LogP contribution in [0.2, 0.25) is 0 Å². The van der Waals surface area contributed by atoms with Crippen LogP contribution in [0.5, 0.6) is 0 Å². The van der Waals surface area contributed by atoms with Crippen molar-refractivity contribution in [2.45, 2.75) is 4.90 Å². The van der Waals surface area contributed by atoms with Crippen molar-refractivity contribution in [1.29, 1.82) is 0 Å². The van der Waals surface area contributed by atoms with E-state index in [-0.39, 0.29) is 35.3 Å². The number of benzene rings is 2. The first kappa shape index (κ1) is 22.6. The first-order valence-corrected chi connectivity index (χ1v) is 11.9. The molecule has 3 amide bonds. The fourth-order valence-corrected chi connectivity index (χ4v) is 4.95. The summed E-state index contributed by atoms with van der Waals surface area (Å²) in [6, 6.07) is 8.15. The molecule has 4 rings (SSSR count). The lowest BCUT2D eigenvalue weighted by Gasteiger charge is -2.18. The standard InChI is InChI=1S/C20H17F2N5O4S2/c21-16-6-3-14(11-17(16)22)27-9-8-26(20(27)29)12-18(28)24-13-1-4-15(5-2-13)33(30,31)25-19-23-7-10-32-19/h1-7,10-11H,8-9,12H2,(H,23,25)(H,24,28). The number of carbonyl (C=O) groups is 2. The molecule has 9 nitrogen and oxygen atoms in total. The van der Waals surface area contributed by atoms with E-state index in [1.807, 2.05) is 0 Å². The van der Waals surface area contributed by atoms with Gasteiger partial charge in [-0.1, -0.05) is 0 Å². The van der Waals surface area contributed by atoms with Gasteiger partial charge < -0.3 is 10.2 Å². The molecule has 33 heavy (non-hydrogen) atoms. The Morgan fingerprint density at radius 3 is 2.52 bits per heavy atom. The second-order valence-electron chi connectivity index (χ2n) is 6.97. The fraction of sp³-hybridized carbons (Fsp3) is 0.150. The van der Waals surface area contributed by atoms with Crippen LogP contribution >= 0.6 is 11.3 Å². The number of hydrogen-bond donors (Lipinski definition) is 2. The van der Waals surface area contributed by atoms with E-state index in [2.05, 4.69) is 15.0 Å². The smallest absolute Gasteiger partial charge is 0.325 e. The summed E-state index contributed by atoms with van der Waals surface area (Å²) in [5.41, 5.74) is 0.544.